The fourth-order valence-corrected chi connectivity index (χ4v) is 4.46. The van der Waals surface area contributed by atoms with E-state index in [0.29, 0.717) is 29.2 Å². The molecule has 0 saturated heterocycles. The summed E-state index contributed by atoms with van der Waals surface area (Å²) in [6.45, 7) is 5.58. The number of nitrogens with one attached hydrogen (secondary N) is 1. The molecule has 0 unspecified atom stereocenters. The third-order valence-corrected chi connectivity index (χ3v) is 6.73. The zero-order chi connectivity index (χ0) is 23.7. The molecule has 2 aromatic rings. The topological polar surface area (TPSA) is 102 Å². The second kappa shape index (κ2) is 11.6. The number of methoxy groups -OCH3 is 1. The summed E-state index contributed by atoms with van der Waals surface area (Å²) in [5.74, 6) is -0.323. The van der Waals surface area contributed by atoms with Gasteiger partial charge in [0.25, 0.3) is 0 Å². The maximum Gasteiger partial charge on any atom is 0.338 e. The van der Waals surface area contributed by atoms with E-state index >= 15 is 0 Å². The van der Waals surface area contributed by atoms with Crippen molar-refractivity contribution in [1.82, 2.24) is 4.31 Å². The molecule has 2 aromatic carbocycles. The van der Waals surface area contributed by atoms with Crippen LogP contribution < -0.4 is 10.1 Å². The Morgan fingerprint density at radius 1 is 1.06 bits per heavy atom. The van der Waals surface area contributed by atoms with Crippen molar-refractivity contribution < 1.29 is 27.5 Å². The third kappa shape index (κ3) is 6.54. The summed E-state index contributed by atoms with van der Waals surface area (Å²) in [5.41, 5.74) is 1.52. The van der Waals surface area contributed by atoms with Crippen molar-refractivity contribution in [1.29, 1.82) is 0 Å². The van der Waals surface area contributed by atoms with Crippen LogP contribution in [0.5, 0.6) is 5.75 Å². The van der Waals surface area contributed by atoms with E-state index in [1.807, 2.05) is 6.92 Å². The predicted octanol–water partition coefficient (Wildman–Crippen LogP) is 3.61. The number of rotatable bonds is 11. The van der Waals surface area contributed by atoms with Crippen LogP contribution in [0, 0.1) is 6.92 Å². The number of anilines is 1. The summed E-state index contributed by atoms with van der Waals surface area (Å²) in [7, 11) is -2.34. The van der Waals surface area contributed by atoms with Gasteiger partial charge in [0.1, 0.15) is 5.75 Å². The number of hydrogen-bond donors (Lipinski definition) is 1. The molecule has 0 bridgehead atoms. The number of likely N-dealkylation sites (N-methyl/N-ethyl adjacent to an activating group) is 1. The number of aryl methyl sites for hydroxylation is 1. The summed E-state index contributed by atoms with van der Waals surface area (Å²) in [5, 5.41) is 2.66. The molecule has 32 heavy (non-hydrogen) atoms. The molecule has 0 aromatic heterocycles. The SMILES string of the molecule is CCCCOC(=O)c1ccc(NC(=O)CN(CC)S(=O)(=O)c2ccc(OC)c(C)c2)cc1. The Bertz CT molecular complexity index is 1030. The van der Waals surface area contributed by atoms with Gasteiger partial charge in [-0.15, -0.1) is 0 Å². The van der Waals surface area contributed by atoms with Crippen molar-refractivity contribution in [3.63, 3.8) is 0 Å². The highest BCUT2D eigenvalue weighted by atomic mass is 32.2. The average molecular weight is 463 g/mol. The van der Waals surface area contributed by atoms with Crippen molar-refractivity contribution in [2.24, 2.45) is 0 Å². The van der Waals surface area contributed by atoms with Gasteiger partial charge >= 0.3 is 5.97 Å². The number of carbonyl (C=O) groups is 2. The maximum absolute atomic E-state index is 13.0. The van der Waals surface area contributed by atoms with Gasteiger partial charge in [0.05, 0.1) is 30.7 Å². The molecule has 0 aliphatic rings. The summed E-state index contributed by atoms with van der Waals surface area (Å²) in [6, 6.07) is 10.8. The number of hydrogen-bond acceptors (Lipinski definition) is 6. The van der Waals surface area contributed by atoms with Crippen LogP contribution in [0.3, 0.4) is 0 Å². The molecule has 0 aliphatic heterocycles. The number of amides is 1. The first-order valence-electron chi connectivity index (χ1n) is 10.4. The van der Waals surface area contributed by atoms with Crippen LogP contribution in [0.25, 0.3) is 0 Å². The van der Waals surface area contributed by atoms with E-state index in [-0.39, 0.29) is 18.0 Å². The summed E-state index contributed by atoms with van der Waals surface area (Å²) in [4.78, 5) is 24.5. The van der Waals surface area contributed by atoms with Crippen LogP contribution in [0.1, 0.15) is 42.6 Å². The first kappa shape index (κ1) is 25.4. The normalized spacial score (nSPS) is 11.3. The van der Waals surface area contributed by atoms with Crippen LogP contribution in [-0.4, -0.2) is 51.4 Å². The first-order chi connectivity index (χ1) is 15.2. The molecule has 1 N–H and O–H groups in total. The lowest BCUT2D eigenvalue weighted by Crippen LogP contribution is -2.37. The van der Waals surface area contributed by atoms with Gasteiger partial charge in [-0.05, 0) is 61.4 Å². The Morgan fingerprint density at radius 2 is 1.75 bits per heavy atom. The van der Waals surface area contributed by atoms with Gasteiger partial charge in [-0.2, -0.15) is 4.31 Å². The molecular weight excluding hydrogens is 432 g/mol. The largest absolute Gasteiger partial charge is 0.496 e. The summed E-state index contributed by atoms with van der Waals surface area (Å²) >= 11 is 0. The van der Waals surface area contributed by atoms with Crippen molar-refractivity contribution in [3.8, 4) is 5.75 Å². The molecule has 0 fully saturated rings. The Labute approximate surface area is 189 Å². The lowest BCUT2D eigenvalue weighted by Gasteiger charge is -2.20. The molecule has 0 atom stereocenters. The molecule has 174 valence electrons. The Balaban J connectivity index is 2.04. The minimum absolute atomic E-state index is 0.0939. The van der Waals surface area contributed by atoms with Gasteiger partial charge in [-0.1, -0.05) is 20.3 Å². The number of esters is 1. The van der Waals surface area contributed by atoms with Crippen LogP contribution >= 0.6 is 0 Å². The van der Waals surface area contributed by atoms with Crippen molar-refractivity contribution >= 4 is 27.6 Å². The molecule has 0 heterocycles. The van der Waals surface area contributed by atoms with Crippen molar-refractivity contribution in [2.45, 2.75) is 38.5 Å². The van der Waals surface area contributed by atoms with Crippen molar-refractivity contribution in [2.75, 3.05) is 32.1 Å². The van der Waals surface area contributed by atoms with Gasteiger partial charge in [-0.3, -0.25) is 4.79 Å². The Hall–Kier alpha value is -2.91. The molecule has 1 amide bonds. The third-order valence-electron chi connectivity index (χ3n) is 4.81. The zero-order valence-corrected chi connectivity index (χ0v) is 19.7. The second-order valence-electron chi connectivity index (χ2n) is 7.18. The molecule has 9 heteroatoms. The smallest absolute Gasteiger partial charge is 0.338 e. The molecule has 2 rings (SSSR count). The van der Waals surface area contributed by atoms with Gasteiger partial charge in [0, 0.05) is 12.2 Å². The maximum atomic E-state index is 13.0. The van der Waals surface area contributed by atoms with E-state index in [2.05, 4.69) is 5.32 Å². The Kier molecular flexibility index (Phi) is 9.22. The molecular formula is C23H30N2O6S. The average Bonchev–Trinajstić information content (AvgIpc) is 2.77. The number of nitrogens with zero attached hydrogens (tertiary/aromatic N) is 1. The van der Waals surface area contributed by atoms with Gasteiger partial charge in [0.15, 0.2) is 0 Å². The molecule has 8 nitrogen and oxygen atoms in total. The van der Waals surface area contributed by atoms with Gasteiger partial charge in [-0.25, -0.2) is 13.2 Å². The number of ether oxygens (including phenoxy) is 2. The fraction of sp³-hybridized carbons (Fsp3) is 0.391. The molecule has 0 spiro atoms. The van der Waals surface area contributed by atoms with E-state index in [9.17, 15) is 18.0 Å². The van der Waals surface area contributed by atoms with Gasteiger partial charge < -0.3 is 14.8 Å². The molecule has 0 aliphatic carbocycles. The van der Waals surface area contributed by atoms with E-state index in [1.165, 1.54) is 19.2 Å². The number of carbonyl (C=O) groups excluding carboxylic acids is 2. The lowest BCUT2D eigenvalue weighted by atomic mass is 10.2. The first-order valence-corrected chi connectivity index (χ1v) is 11.9. The lowest BCUT2D eigenvalue weighted by molar-refractivity contribution is -0.116. The number of unbranched alkanes of at least 4 members (excludes halogenated alkanes) is 1. The molecule has 0 saturated carbocycles. The Morgan fingerprint density at radius 3 is 2.31 bits per heavy atom. The minimum atomic E-state index is -3.86. The zero-order valence-electron chi connectivity index (χ0n) is 18.9. The standard InChI is InChI=1S/C23H30N2O6S/c1-5-7-14-31-23(27)18-8-10-19(11-9-18)24-22(26)16-25(6-2)32(28,29)20-12-13-21(30-4)17(3)15-20/h8-13,15H,5-7,14,16H2,1-4H3,(H,24,26). The van der Waals surface area contributed by atoms with Crippen LogP contribution in [0.2, 0.25) is 0 Å². The molecule has 0 radical (unpaired) electrons. The van der Waals surface area contributed by atoms with Crippen LogP contribution in [-0.2, 0) is 19.6 Å². The monoisotopic (exact) mass is 462 g/mol. The van der Waals surface area contributed by atoms with Crippen molar-refractivity contribution in [3.05, 3.63) is 53.6 Å². The van der Waals surface area contributed by atoms with E-state index in [1.54, 1.807) is 44.2 Å². The number of sulfonamides is 1. The second-order valence-corrected chi connectivity index (χ2v) is 9.12. The highest BCUT2D eigenvalue weighted by Gasteiger charge is 2.26. The van der Waals surface area contributed by atoms with Crippen LogP contribution in [0.15, 0.2) is 47.4 Å². The van der Waals surface area contributed by atoms with Crippen LogP contribution in [0.4, 0.5) is 5.69 Å². The van der Waals surface area contributed by atoms with E-state index < -0.39 is 21.9 Å². The fourth-order valence-electron chi connectivity index (χ4n) is 2.97. The number of benzene rings is 2. The predicted molar refractivity (Wildman–Crippen MR) is 122 cm³/mol. The summed E-state index contributed by atoms with van der Waals surface area (Å²) < 4.78 is 37.4. The van der Waals surface area contributed by atoms with E-state index in [0.717, 1.165) is 17.1 Å². The quantitative estimate of drug-likeness (QED) is 0.404. The summed E-state index contributed by atoms with van der Waals surface area (Å²) in [6.07, 6.45) is 1.73. The highest BCUT2D eigenvalue weighted by molar-refractivity contribution is 7.89. The van der Waals surface area contributed by atoms with Gasteiger partial charge in [0.2, 0.25) is 15.9 Å². The highest BCUT2D eigenvalue weighted by Crippen LogP contribution is 2.23. The van der Waals surface area contributed by atoms with E-state index in [4.69, 9.17) is 9.47 Å². The minimum Gasteiger partial charge on any atom is -0.496 e.